The Hall–Kier alpha value is -1.91. The molecule has 1 fully saturated rings. The van der Waals surface area contributed by atoms with Crippen LogP contribution in [0.4, 0.5) is 4.39 Å². The summed E-state index contributed by atoms with van der Waals surface area (Å²) in [6.07, 6.45) is 1.22. The maximum Gasteiger partial charge on any atom is 0.227 e. The zero-order chi connectivity index (χ0) is 17.6. The molecule has 2 aromatic carbocycles. The minimum Gasteiger partial charge on any atom is -0.340 e. The van der Waals surface area contributed by atoms with Crippen molar-refractivity contribution in [3.63, 3.8) is 0 Å². The highest BCUT2D eigenvalue weighted by Gasteiger charge is 2.21. The lowest BCUT2D eigenvalue weighted by molar-refractivity contribution is -0.132. The number of hydrogen-bond donors (Lipinski definition) is 0. The van der Waals surface area contributed by atoms with Gasteiger partial charge in [-0.3, -0.25) is 9.69 Å². The molecular formula is C20H22ClFN2O. The summed E-state index contributed by atoms with van der Waals surface area (Å²) in [5, 5.41) is 0.769. The maximum atomic E-state index is 13.2. The minimum absolute atomic E-state index is 0.0695. The van der Waals surface area contributed by atoms with Gasteiger partial charge in [-0.2, -0.15) is 0 Å². The summed E-state index contributed by atoms with van der Waals surface area (Å²) >= 11 is 6.02. The molecule has 0 spiro atoms. The normalized spacial score (nSPS) is 15.4. The van der Waals surface area contributed by atoms with Gasteiger partial charge in [-0.1, -0.05) is 35.9 Å². The summed E-state index contributed by atoms with van der Waals surface area (Å²) in [6, 6.07) is 14.2. The van der Waals surface area contributed by atoms with E-state index in [-0.39, 0.29) is 18.1 Å². The van der Waals surface area contributed by atoms with E-state index in [4.69, 9.17) is 11.6 Å². The lowest BCUT2D eigenvalue weighted by Crippen LogP contribution is -2.49. The lowest BCUT2D eigenvalue weighted by atomic mass is 10.1. The first-order chi connectivity index (χ1) is 12.1. The van der Waals surface area contributed by atoms with Gasteiger partial charge in [0.25, 0.3) is 0 Å². The molecule has 0 saturated carbocycles. The van der Waals surface area contributed by atoms with Crippen LogP contribution in [-0.4, -0.2) is 48.4 Å². The topological polar surface area (TPSA) is 23.6 Å². The zero-order valence-electron chi connectivity index (χ0n) is 14.1. The fraction of sp³-hybridized carbons (Fsp3) is 0.350. The molecule has 0 bridgehead atoms. The monoisotopic (exact) mass is 360 g/mol. The molecule has 1 aliphatic heterocycles. The Kier molecular flexibility index (Phi) is 6.05. The van der Waals surface area contributed by atoms with Crippen molar-refractivity contribution in [1.82, 2.24) is 9.80 Å². The summed E-state index contributed by atoms with van der Waals surface area (Å²) in [5.41, 5.74) is 1.96. The van der Waals surface area contributed by atoms with Crippen molar-refractivity contribution in [2.24, 2.45) is 0 Å². The molecule has 1 aliphatic rings. The molecule has 0 atom stereocenters. The molecule has 1 heterocycles. The predicted molar refractivity (Wildman–Crippen MR) is 98.3 cm³/mol. The molecule has 3 nitrogen and oxygen atoms in total. The molecule has 0 aromatic heterocycles. The highest BCUT2D eigenvalue weighted by molar-refractivity contribution is 6.30. The molecule has 0 radical (unpaired) electrons. The van der Waals surface area contributed by atoms with Crippen molar-refractivity contribution >= 4 is 17.5 Å². The first-order valence-corrected chi connectivity index (χ1v) is 8.97. The van der Waals surface area contributed by atoms with E-state index < -0.39 is 0 Å². The number of carbonyl (C=O) groups excluding carboxylic acids is 1. The van der Waals surface area contributed by atoms with Crippen LogP contribution in [0.5, 0.6) is 0 Å². The Morgan fingerprint density at radius 1 is 1.00 bits per heavy atom. The predicted octanol–water partition coefficient (Wildman–Crippen LogP) is 3.41. The van der Waals surface area contributed by atoms with Crippen LogP contribution in [0.15, 0.2) is 48.5 Å². The van der Waals surface area contributed by atoms with Crippen molar-refractivity contribution in [1.29, 1.82) is 0 Å². The molecule has 1 amide bonds. The Balaban J connectivity index is 1.44. The Morgan fingerprint density at radius 2 is 1.72 bits per heavy atom. The lowest BCUT2D eigenvalue weighted by Gasteiger charge is -2.34. The largest absolute Gasteiger partial charge is 0.340 e. The highest BCUT2D eigenvalue weighted by atomic mass is 35.5. The van der Waals surface area contributed by atoms with Gasteiger partial charge in [0.15, 0.2) is 0 Å². The Bertz CT molecular complexity index is 729. The van der Waals surface area contributed by atoms with Crippen LogP contribution in [-0.2, 0) is 17.6 Å². The first kappa shape index (κ1) is 17.9. The smallest absolute Gasteiger partial charge is 0.227 e. The molecule has 0 aliphatic carbocycles. The van der Waals surface area contributed by atoms with Gasteiger partial charge in [0.05, 0.1) is 6.42 Å². The van der Waals surface area contributed by atoms with Crippen molar-refractivity contribution < 1.29 is 9.18 Å². The van der Waals surface area contributed by atoms with Gasteiger partial charge in [-0.05, 0) is 41.8 Å². The highest BCUT2D eigenvalue weighted by Crippen LogP contribution is 2.13. The molecule has 5 heteroatoms. The number of rotatable bonds is 5. The molecular weight excluding hydrogens is 339 g/mol. The van der Waals surface area contributed by atoms with Crippen LogP contribution < -0.4 is 0 Å². The Morgan fingerprint density at radius 3 is 2.44 bits per heavy atom. The van der Waals surface area contributed by atoms with E-state index in [1.807, 2.05) is 23.1 Å². The summed E-state index contributed by atoms with van der Waals surface area (Å²) in [5.74, 6) is -0.226. The summed E-state index contributed by atoms with van der Waals surface area (Å²) in [6.45, 7) is 4.16. The molecule has 2 aromatic rings. The number of hydrogen-bond acceptors (Lipinski definition) is 2. The van der Waals surface area contributed by atoms with Crippen molar-refractivity contribution in [3.05, 3.63) is 70.5 Å². The van der Waals surface area contributed by atoms with Crippen molar-refractivity contribution in [2.45, 2.75) is 12.8 Å². The van der Waals surface area contributed by atoms with Gasteiger partial charge in [-0.15, -0.1) is 0 Å². The van der Waals surface area contributed by atoms with E-state index in [2.05, 4.69) is 11.0 Å². The van der Waals surface area contributed by atoms with Gasteiger partial charge < -0.3 is 4.90 Å². The second-order valence-electron chi connectivity index (χ2n) is 6.41. The average Bonchev–Trinajstić information content (AvgIpc) is 2.60. The molecule has 25 heavy (non-hydrogen) atoms. The van der Waals surface area contributed by atoms with E-state index in [1.165, 1.54) is 17.7 Å². The van der Waals surface area contributed by atoms with Crippen LogP contribution >= 0.6 is 11.6 Å². The number of piperazine rings is 1. The van der Waals surface area contributed by atoms with E-state index in [0.29, 0.717) is 0 Å². The molecule has 3 rings (SSSR count). The van der Waals surface area contributed by atoms with E-state index >= 15 is 0 Å². The van der Waals surface area contributed by atoms with Crippen LogP contribution in [0.2, 0.25) is 5.02 Å². The third kappa shape index (κ3) is 5.28. The van der Waals surface area contributed by atoms with E-state index in [1.54, 1.807) is 12.1 Å². The third-order valence-electron chi connectivity index (χ3n) is 4.58. The summed E-state index contributed by atoms with van der Waals surface area (Å²) < 4.78 is 13.2. The van der Waals surface area contributed by atoms with Crippen LogP contribution in [0.3, 0.4) is 0 Å². The van der Waals surface area contributed by atoms with Gasteiger partial charge in [0.1, 0.15) is 5.82 Å². The van der Waals surface area contributed by atoms with E-state index in [0.717, 1.165) is 49.7 Å². The zero-order valence-corrected chi connectivity index (χ0v) is 14.9. The third-order valence-corrected chi connectivity index (χ3v) is 4.81. The fourth-order valence-corrected chi connectivity index (χ4v) is 3.35. The Labute approximate surface area is 153 Å². The van der Waals surface area contributed by atoms with Gasteiger partial charge in [0, 0.05) is 37.7 Å². The first-order valence-electron chi connectivity index (χ1n) is 8.59. The van der Waals surface area contributed by atoms with Gasteiger partial charge in [0.2, 0.25) is 5.91 Å². The van der Waals surface area contributed by atoms with Crippen molar-refractivity contribution in [3.8, 4) is 0 Å². The minimum atomic E-state index is -0.295. The summed E-state index contributed by atoms with van der Waals surface area (Å²) in [7, 11) is 0. The number of benzene rings is 2. The molecule has 1 saturated heterocycles. The number of halogens is 2. The number of nitrogens with zero attached hydrogens (tertiary/aromatic N) is 2. The molecule has 0 N–H and O–H groups in total. The van der Waals surface area contributed by atoms with Gasteiger partial charge in [-0.25, -0.2) is 4.39 Å². The van der Waals surface area contributed by atoms with Crippen LogP contribution in [0.25, 0.3) is 0 Å². The second kappa shape index (κ2) is 8.45. The van der Waals surface area contributed by atoms with E-state index in [9.17, 15) is 9.18 Å². The van der Waals surface area contributed by atoms with Crippen molar-refractivity contribution in [2.75, 3.05) is 32.7 Å². The molecule has 0 unspecified atom stereocenters. The van der Waals surface area contributed by atoms with Gasteiger partial charge >= 0.3 is 0 Å². The fourth-order valence-electron chi connectivity index (χ4n) is 3.13. The number of carbonyl (C=O) groups is 1. The molecule has 132 valence electrons. The standard InChI is InChI=1S/C20H22ClFN2O/c21-18-5-1-3-16(13-18)7-8-23-9-11-24(12-10-23)20(25)15-17-4-2-6-19(22)14-17/h1-6,13-14H,7-12,15H2. The van der Waals surface area contributed by atoms with Crippen LogP contribution in [0, 0.1) is 5.82 Å². The second-order valence-corrected chi connectivity index (χ2v) is 6.85. The average molecular weight is 361 g/mol. The SMILES string of the molecule is O=C(Cc1cccc(F)c1)N1CCN(CCc2cccc(Cl)c2)CC1. The maximum absolute atomic E-state index is 13.2. The van der Waals surface area contributed by atoms with Crippen LogP contribution in [0.1, 0.15) is 11.1 Å². The number of amides is 1. The summed E-state index contributed by atoms with van der Waals surface area (Å²) in [4.78, 5) is 16.6. The quantitative estimate of drug-likeness (QED) is 0.815.